The van der Waals surface area contributed by atoms with Gasteiger partial charge in [-0.25, -0.2) is 0 Å². The van der Waals surface area contributed by atoms with Crippen LogP contribution in [-0.4, -0.2) is 39.1 Å². The van der Waals surface area contributed by atoms with Gasteiger partial charge in [0.25, 0.3) is 0 Å². The van der Waals surface area contributed by atoms with E-state index < -0.39 is 0 Å². The smallest absolute Gasteiger partial charge is 0.244 e. The van der Waals surface area contributed by atoms with Crippen molar-refractivity contribution in [3.8, 4) is 11.5 Å². The molecule has 7 heteroatoms. The van der Waals surface area contributed by atoms with Crippen molar-refractivity contribution in [2.45, 2.75) is 6.92 Å². The van der Waals surface area contributed by atoms with Crippen molar-refractivity contribution in [1.82, 2.24) is 10.6 Å². The Balaban J connectivity index is 2.64. The van der Waals surface area contributed by atoms with E-state index in [1.165, 1.54) is 27.2 Å². The number of benzene rings is 1. The average molecular weight is 327 g/mol. The van der Waals surface area contributed by atoms with Crippen LogP contribution in [0.4, 0.5) is 0 Å². The van der Waals surface area contributed by atoms with Crippen LogP contribution in [0.3, 0.4) is 0 Å². The van der Waals surface area contributed by atoms with Crippen molar-refractivity contribution in [2.75, 3.05) is 27.3 Å². The van der Waals surface area contributed by atoms with Gasteiger partial charge in [-0.15, -0.1) is 0 Å². The van der Waals surface area contributed by atoms with Crippen LogP contribution in [0, 0.1) is 0 Å². The van der Waals surface area contributed by atoms with Crippen LogP contribution in [0.2, 0.25) is 5.02 Å². The van der Waals surface area contributed by atoms with Crippen LogP contribution in [0.1, 0.15) is 12.5 Å². The van der Waals surface area contributed by atoms with E-state index in [0.717, 1.165) is 0 Å². The van der Waals surface area contributed by atoms with Gasteiger partial charge in [-0.05, 0) is 23.8 Å². The molecule has 2 amide bonds. The van der Waals surface area contributed by atoms with E-state index in [-0.39, 0.29) is 11.8 Å². The van der Waals surface area contributed by atoms with E-state index in [1.807, 2.05) is 0 Å². The summed E-state index contributed by atoms with van der Waals surface area (Å²) in [6.07, 6.45) is 2.99. The van der Waals surface area contributed by atoms with Crippen molar-refractivity contribution in [1.29, 1.82) is 0 Å². The molecular formula is C15H19ClN2O4. The SMILES string of the molecule is COc1cc(C=CC(=O)NCCNC(C)=O)cc(Cl)c1OC. The molecule has 0 fully saturated rings. The maximum Gasteiger partial charge on any atom is 0.244 e. The van der Waals surface area contributed by atoms with Crippen LogP contribution in [0.5, 0.6) is 11.5 Å². The predicted molar refractivity (Wildman–Crippen MR) is 85.3 cm³/mol. The lowest BCUT2D eigenvalue weighted by molar-refractivity contribution is -0.119. The number of carbonyl (C=O) groups is 2. The number of rotatable bonds is 7. The Labute approximate surface area is 134 Å². The highest BCUT2D eigenvalue weighted by molar-refractivity contribution is 6.32. The van der Waals surface area contributed by atoms with E-state index in [2.05, 4.69) is 10.6 Å². The number of carbonyl (C=O) groups excluding carboxylic acids is 2. The third kappa shape index (κ3) is 5.65. The Morgan fingerprint density at radius 3 is 2.45 bits per heavy atom. The second-order valence-electron chi connectivity index (χ2n) is 4.35. The average Bonchev–Trinajstić information content (AvgIpc) is 2.48. The molecule has 6 nitrogen and oxygen atoms in total. The van der Waals surface area contributed by atoms with Gasteiger partial charge in [0.05, 0.1) is 19.2 Å². The molecule has 0 aliphatic carbocycles. The van der Waals surface area contributed by atoms with Gasteiger partial charge in [0.2, 0.25) is 11.8 Å². The van der Waals surface area contributed by atoms with Gasteiger partial charge < -0.3 is 20.1 Å². The number of methoxy groups -OCH3 is 2. The Morgan fingerprint density at radius 1 is 1.18 bits per heavy atom. The first-order valence-electron chi connectivity index (χ1n) is 6.59. The molecule has 0 heterocycles. The van der Waals surface area contributed by atoms with Gasteiger partial charge in [0.15, 0.2) is 11.5 Å². The summed E-state index contributed by atoms with van der Waals surface area (Å²) < 4.78 is 10.3. The van der Waals surface area contributed by atoms with E-state index >= 15 is 0 Å². The molecular weight excluding hydrogens is 308 g/mol. The summed E-state index contributed by atoms with van der Waals surface area (Å²) in [7, 11) is 3.01. The summed E-state index contributed by atoms with van der Waals surface area (Å²) in [5, 5.41) is 5.62. The maximum atomic E-state index is 11.6. The Kier molecular flexibility index (Phi) is 7.25. The molecule has 0 spiro atoms. The molecule has 0 aliphatic rings. The highest BCUT2D eigenvalue weighted by Gasteiger charge is 2.09. The minimum absolute atomic E-state index is 0.134. The van der Waals surface area contributed by atoms with E-state index in [4.69, 9.17) is 21.1 Å². The first kappa shape index (κ1) is 17.8. The third-order valence-corrected chi connectivity index (χ3v) is 2.96. The fourth-order valence-electron chi connectivity index (χ4n) is 1.69. The Bertz CT molecular complexity index is 573. The Morgan fingerprint density at radius 2 is 1.86 bits per heavy atom. The molecule has 120 valence electrons. The standard InChI is InChI=1S/C15H19ClN2O4/c1-10(19)17-6-7-18-14(20)5-4-11-8-12(16)15(22-3)13(9-11)21-2/h4-5,8-9H,6-7H2,1-3H3,(H,17,19)(H,18,20). The monoisotopic (exact) mass is 326 g/mol. The van der Waals surface area contributed by atoms with Gasteiger partial charge in [-0.3, -0.25) is 9.59 Å². The van der Waals surface area contributed by atoms with Gasteiger partial charge in [0.1, 0.15) is 0 Å². The fraction of sp³-hybridized carbons (Fsp3) is 0.333. The molecule has 0 saturated heterocycles. The minimum Gasteiger partial charge on any atom is -0.493 e. The molecule has 1 aromatic carbocycles. The topological polar surface area (TPSA) is 76.7 Å². The molecule has 0 radical (unpaired) electrons. The van der Waals surface area contributed by atoms with Crippen LogP contribution in [-0.2, 0) is 9.59 Å². The molecule has 0 bridgehead atoms. The van der Waals surface area contributed by atoms with E-state index in [0.29, 0.717) is 35.2 Å². The number of amides is 2. The lowest BCUT2D eigenvalue weighted by Gasteiger charge is -2.10. The van der Waals surface area contributed by atoms with Crippen molar-refractivity contribution in [3.05, 3.63) is 28.8 Å². The van der Waals surface area contributed by atoms with Crippen LogP contribution < -0.4 is 20.1 Å². The highest BCUT2D eigenvalue weighted by Crippen LogP contribution is 2.36. The Hall–Kier alpha value is -2.21. The summed E-state index contributed by atoms with van der Waals surface area (Å²) in [6.45, 7) is 2.16. The molecule has 0 aromatic heterocycles. The lowest BCUT2D eigenvalue weighted by atomic mass is 10.2. The molecule has 2 N–H and O–H groups in total. The number of halogens is 1. The summed E-state index contributed by atoms with van der Waals surface area (Å²) in [4.78, 5) is 22.3. The van der Waals surface area contributed by atoms with Gasteiger partial charge in [-0.1, -0.05) is 11.6 Å². The van der Waals surface area contributed by atoms with Crippen molar-refractivity contribution in [3.63, 3.8) is 0 Å². The van der Waals surface area contributed by atoms with Gasteiger partial charge >= 0.3 is 0 Å². The molecule has 0 saturated carbocycles. The number of hydrogen-bond acceptors (Lipinski definition) is 4. The second-order valence-corrected chi connectivity index (χ2v) is 4.75. The van der Waals surface area contributed by atoms with Crippen LogP contribution in [0.25, 0.3) is 6.08 Å². The normalized spacial score (nSPS) is 10.4. The van der Waals surface area contributed by atoms with Gasteiger partial charge in [0, 0.05) is 26.1 Å². The molecule has 1 rings (SSSR count). The minimum atomic E-state index is -0.267. The predicted octanol–water partition coefficient (Wildman–Crippen LogP) is 1.62. The molecule has 0 unspecified atom stereocenters. The first-order valence-corrected chi connectivity index (χ1v) is 6.97. The number of ether oxygens (including phenoxy) is 2. The van der Waals surface area contributed by atoms with Gasteiger partial charge in [-0.2, -0.15) is 0 Å². The summed E-state index contributed by atoms with van der Waals surface area (Å²) in [5.41, 5.74) is 0.708. The molecule has 0 atom stereocenters. The molecule has 0 aliphatic heterocycles. The maximum absolute atomic E-state index is 11.6. The van der Waals surface area contributed by atoms with Crippen molar-refractivity contribution >= 4 is 29.5 Å². The highest BCUT2D eigenvalue weighted by atomic mass is 35.5. The van der Waals surface area contributed by atoms with Crippen LogP contribution in [0.15, 0.2) is 18.2 Å². The fourth-order valence-corrected chi connectivity index (χ4v) is 1.99. The number of hydrogen-bond donors (Lipinski definition) is 2. The number of nitrogens with one attached hydrogen (secondary N) is 2. The zero-order chi connectivity index (χ0) is 16.5. The zero-order valence-electron chi connectivity index (χ0n) is 12.7. The van der Waals surface area contributed by atoms with E-state index in [9.17, 15) is 9.59 Å². The third-order valence-electron chi connectivity index (χ3n) is 2.68. The van der Waals surface area contributed by atoms with E-state index in [1.54, 1.807) is 18.2 Å². The first-order chi connectivity index (χ1) is 10.5. The molecule has 22 heavy (non-hydrogen) atoms. The molecule has 1 aromatic rings. The van der Waals surface area contributed by atoms with Crippen LogP contribution >= 0.6 is 11.6 Å². The summed E-state index contributed by atoms with van der Waals surface area (Å²) in [5.74, 6) is 0.530. The lowest BCUT2D eigenvalue weighted by Crippen LogP contribution is -2.32. The van der Waals surface area contributed by atoms with Crippen molar-refractivity contribution < 1.29 is 19.1 Å². The summed E-state index contributed by atoms with van der Waals surface area (Å²) >= 11 is 6.08. The van der Waals surface area contributed by atoms with Crippen molar-refractivity contribution in [2.24, 2.45) is 0 Å². The largest absolute Gasteiger partial charge is 0.493 e. The zero-order valence-corrected chi connectivity index (χ0v) is 13.5. The quantitative estimate of drug-likeness (QED) is 0.589. The summed E-state index contributed by atoms with van der Waals surface area (Å²) in [6, 6.07) is 3.38. The second kappa shape index (κ2) is 8.94.